The molecule has 5 heteroatoms. The standard InChI is InChI=1S/C23H29NO4/c1-4-28-20-10-6-5-8-18(20)15-24-13-7-9-19(16-24)23(25)17-11-12-21(26-2)22(14-17)27-3/h5-6,8,10-12,14,19H,4,7,9,13,15-16H2,1-3H3/t19-/m1/s1. The number of carbonyl (C=O) groups is 1. The van der Waals surface area contributed by atoms with E-state index in [1.54, 1.807) is 26.4 Å². The van der Waals surface area contributed by atoms with E-state index in [2.05, 4.69) is 11.0 Å². The number of methoxy groups -OCH3 is 2. The summed E-state index contributed by atoms with van der Waals surface area (Å²) in [6, 6.07) is 13.5. The summed E-state index contributed by atoms with van der Waals surface area (Å²) < 4.78 is 16.4. The summed E-state index contributed by atoms with van der Waals surface area (Å²) in [6.07, 6.45) is 1.93. The minimum atomic E-state index is -0.00823. The van der Waals surface area contributed by atoms with Crippen LogP contribution < -0.4 is 14.2 Å². The summed E-state index contributed by atoms with van der Waals surface area (Å²) in [5.74, 6) is 2.32. The molecule has 1 atom stereocenters. The Bertz CT molecular complexity index is 805. The first-order chi connectivity index (χ1) is 13.7. The van der Waals surface area contributed by atoms with E-state index in [1.165, 1.54) is 5.56 Å². The van der Waals surface area contributed by atoms with Gasteiger partial charge in [-0.15, -0.1) is 0 Å². The van der Waals surface area contributed by atoms with E-state index in [4.69, 9.17) is 14.2 Å². The maximum absolute atomic E-state index is 13.1. The molecule has 0 amide bonds. The van der Waals surface area contributed by atoms with Crippen LogP contribution in [-0.4, -0.2) is 44.6 Å². The van der Waals surface area contributed by atoms with Gasteiger partial charge in [-0.05, 0) is 50.6 Å². The van der Waals surface area contributed by atoms with Crippen LogP contribution >= 0.6 is 0 Å². The van der Waals surface area contributed by atoms with Crippen molar-refractivity contribution in [3.05, 3.63) is 53.6 Å². The van der Waals surface area contributed by atoms with E-state index in [1.807, 2.05) is 31.2 Å². The van der Waals surface area contributed by atoms with Crippen molar-refractivity contribution in [2.45, 2.75) is 26.3 Å². The Morgan fingerprint density at radius 3 is 2.61 bits per heavy atom. The van der Waals surface area contributed by atoms with Crippen LogP contribution in [0.1, 0.15) is 35.7 Å². The molecule has 2 aromatic carbocycles. The van der Waals surface area contributed by atoms with Gasteiger partial charge in [0.1, 0.15) is 5.75 Å². The zero-order chi connectivity index (χ0) is 19.9. The largest absolute Gasteiger partial charge is 0.494 e. The number of carbonyl (C=O) groups excluding carboxylic acids is 1. The van der Waals surface area contributed by atoms with Crippen molar-refractivity contribution in [3.63, 3.8) is 0 Å². The smallest absolute Gasteiger partial charge is 0.167 e. The Kier molecular flexibility index (Phi) is 6.93. The second kappa shape index (κ2) is 9.60. The molecular formula is C23H29NO4. The molecule has 0 unspecified atom stereocenters. The molecule has 0 bridgehead atoms. The summed E-state index contributed by atoms with van der Waals surface area (Å²) in [6.45, 7) is 5.20. The van der Waals surface area contributed by atoms with Crippen LogP contribution in [0.25, 0.3) is 0 Å². The van der Waals surface area contributed by atoms with Crippen LogP contribution in [0.4, 0.5) is 0 Å². The lowest BCUT2D eigenvalue weighted by molar-refractivity contribution is 0.0810. The summed E-state index contributed by atoms with van der Waals surface area (Å²) in [5.41, 5.74) is 1.85. The highest BCUT2D eigenvalue weighted by molar-refractivity contribution is 5.98. The molecule has 0 N–H and O–H groups in total. The molecule has 5 nitrogen and oxygen atoms in total. The minimum absolute atomic E-state index is 0.00823. The molecule has 0 radical (unpaired) electrons. The molecule has 3 rings (SSSR count). The molecule has 0 aromatic heterocycles. The number of para-hydroxylation sites is 1. The Labute approximate surface area is 167 Å². The quantitative estimate of drug-likeness (QED) is 0.640. The lowest BCUT2D eigenvalue weighted by atomic mass is 9.89. The van der Waals surface area contributed by atoms with E-state index in [0.717, 1.165) is 38.2 Å². The molecule has 2 aromatic rings. The molecule has 1 fully saturated rings. The predicted octanol–water partition coefficient (Wildman–Crippen LogP) is 4.20. The maximum atomic E-state index is 13.1. The van der Waals surface area contributed by atoms with Gasteiger partial charge in [-0.25, -0.2) is 0 Å². The van der Waals surface area contributed by atoms with Gasteiger partial charge in [0.25, 0.3) is 0 Å². The lowest BCUT2D eigenvalue weighted by Gasteiger charge is -2.32. The van der Waals surface area contributed by atoms with Gasteiger partial charge in [0.15, 0.2) is 17.3 Å². The van der Waals surface area contributed by atoms with Crippen LogP contribution in [0, 0.1) is 5.92 Å². The van der Waals surface area contributed by atoms with Gasteiger partial charge in [-0.2, -0.15) is 0 Å². The highest BCUT2D eigenvalue weighted by Crippen LogP contribution is 2.30. The summed E-state index contributed by atoms with van der Waals surface area (Å²) in [7, 11) is 3.18. The number of piperidine rings is 1. The van der Waals surface area contributed by atoms with Gasteiger partial charge in [-0.1, -0.05) is 18.2 Å². The Balaban J connectivity index is 1.70. The molecule has 0 saturated carbocycles. The minimum Gasteiger partial charge on any atom is -0.494 e. The third-order valence-corrected chi connectivity index (χ3v) is 5.21. The number of ketones is 1. The van der Waals surface area contributed by atoms with Crippen LogP contribution in [-0.2, 0) is 6.54 Å². The summed E-state index contributed by atoms with van der Waals surface area (Å²) >= 11 is 0. The van der Waals surface area contributed by atoms with Crippen LogP contribution in [0.3, 0.4) is 0 Å². The highest BCUT2D eigenvalue weighted by atomic mass is 16.5. The third-order valence-electron chi connectivity index (χ3n) is 5.21. The van der Waals surface area contributed by atoms with Gasteiger partial charge < -0.3 is 14.2 Å². The number of ether oxygens (including phenoxy) is 3. The molecule has 150 valence electrons. The monoisotopic (exact) mass is 383 g/mol. The van der Waals surface area contributed by atoms with Gasteiger partial charge in [0, 0.05) is 30.1 Å². The van der Waals surface area contributed by atoms with Crippen molar-refractivity contribution < 1.29 is 19.0 Å². The molecule has 0 aliphatic carbocycles. The van der Waals surface area contributed by atoms with Crippen LogP contribution in [0.2, 0.25) is 0 Å². The Morgan fingerprint density at radius 2 is 1.86 bits per heavy atom. The Morgan fingerprint density at radius 1 is 1.07 bits per heavy atom. The van der Waals surface area contributed by atoms with Gasteiger partial charge in [0.05, 0.1) is 20.8 Å². The average molecular weight is 383 g/mol. The first-order valence-corrected chi connectivity index (χ1v) is 9.85. The normalized spacial score (nSPS) is 17.2. The first-order valence-electron chi connectivity index (χ1n) is 9.85. The second-order valence-electron chi connectivity index (χ2n) is 7.05. The van der Waals surface area contributed by atoms with Crippen molar-refractivity contribution in [1.29, 1.82) is 0 Å². The van der Waals surface area contributed by atoms with Crippen molar-refractivity contribution >= 4 is 5.78 Å². The zero-order valence-corrected chi connectivity index (χ0v) is 16.9. The van der Waals surface area contributed by atoms with Crippen LogP contribution in [0.5, 0.6) is 17.2 Å². The number of hydrogen-bond donors (Lipinski definition) is 0. The average Bonchev–Trinajstić information content (AvgIpc) is 2.74. The number of Topliss-reactive ketones (excluding diaryl/α,β-unsaturated/α-hetero) is 1. The lowest BCUT2D eigenvalue weighted by Crippen LogP contribution is -2.38. The van der Waals surface area contributed by atoms with Gasteiger partial charge in [-0.3, -0.25) is 9.69 Å². The van der Waals surface area contributed by atoms with E-state index in [0.29, 0.717) is 23.7 Å². The number of hydrogen-bond acceptors (Lipinski definition) is 5. The zero-order valence-electron chi connectivity index (χ0n) is 16.9. The molecule has 1 heterocycles. The predicted molar refractivity (Wildman–Crippen MR) is 109 cm³/mol. The number of likely N-dealkylation sites (tertiary alicyclic amines) is 1. The van der Waals surface area contributed by atoms with Crippen molar-refractivity contribution in [2.24, 2.45) is 5.92 Å². The Hall–Kier alpha value is -2.53. The molecular weight excluding hydrogens is 354 g/mol. The van der Waals surface area contributed by atoms with Crippen molar-refractivity contribution in [3.8, 4) is 17.2 Å². The van der Waals surface area contributed by atoms with Gasteiger partial charge in [0.2, 0.25) is 0 Å². The number of benzene rings is 2. The van der Waals surface area contributed by atoms with E-state index >= 15 is 0 Å². The fraction of sp³-hybridized carbons (Fsp3) is 0.435. The number of nitrogens with zero attached hydrogens (tertiary/aromatic N) is 1. The fourth-order valence-electron chi connectivity index (χ4n) is 3.81. The van der Waals surface area contributed by atoms with Crippen molar-refractivity contribution in [1.82, 2.24) is 4.90 Å². The number of rotatable bonds is 8. The highest BCUT2D eigenvalue weighted by Gasteiger charge is 2.27. The second-order valence-corrected chi connectivity index (χ2v) is 7.05. The molecule has 1 saturated heterocycles. The third kappa shape index (κ3) is 4.65. The molecule has 28 heavy (non-hydrogen) atoms. The van der Waals surface area contributed by atoms with E-state index < -0.39 is 0 Å². The molecule has 1 aliphatic rings. The summed E-state index contributed by atoms with van der Waals surface area (Å²) in [5, 5.41) is 0. The van der Waals surface area contributed by atoms with Gasteiger partial charge >= 0.3 is 0 Å². The first kappa shape index (κ1) is 20.2. The fourth-order valence-corrected chi connectivity index (χ4v) is 3.81. The molecule has 0 spiro atoms. The topological polar surface area (TPSA) is 48.0 Å². The van der Waals surface area contributed by atoms with Crippen molar-refractivity contribution in [2.75, 3.05) is 33.9 Å². The van der Waals surface area contributed by atoms with Crippen LogP contribution in [0.15, 0.2) is 42.5 Å². The van der Waals surface area contributed by atoms with E-state index in [-0.39, 0.29) is 11.7 Å². The maximum Gasteiger partial charge on any atom is 0.167 e. The SMILES string of the molecule is CCOc1ccccc1CN1CCC[C@@H](C(=O)c2ccc(OC)c(OC)c2)C1. The molecule has 1 aliphatic heterocycles. The van der Waals surface area contributed by atoms with E-state index in [9.17, 15) is 4.79 Å². The summed E-state index contributed by atoms with van der Waals surface area (Å²) in [4.78, 5) is 15.4.